The smallest absolute Gasteiger partial charge is 0.411 e. The van der Waals surface area contributed by atoms with E-state index in [2.05, 4.69) is 22.5 Å². The fourth-order valence-corrected chi connectivity index (χ4v) is 2.95. The van der Waals surface area contributed by atoms with Crippen LogP contribution in [0, 0.1) is 0 Å². The monoisotopic (exact) mass is 365 g/mol. The molecule has 1 fully saturated rings. The van der Waals surface area contributed by atoms with Gasteiger partial charge < -0.3 is 14.4 Å². The number of rotatable bonds is 6. The first-order chi connectivity index (χ1) is 10.5. The molecule has 2 atom stereocenters. The molecule has 4 nitrogen and oxygen atoms in total. The molecule has 1 aromatic rings. The van der Waals surface area contributed by atoms with Crippen molar-refractivity contribution in [3.8, 4) is 0 Å². The van der Waals surface area contributed by atoms with E-state index in [0.29, 0.717) is 25.8 Å². The van der Waals surface area contributed by atoms with Gasteiger partial charge in [0.25, 0.3) is 0 Å². The Balaban J connectivity index is 2.09. The molecule has 1 aliphatic heterocycles. The van der Waals surface area contributed by atoms with Crippen molar-refractivity contribution < 1.29 is 14.3 Å². The molecule has 0 N–H and O–H groups in total. The Morgan fingerprint density at radius 3 is 2.68 bits per heavy atom. The summed E-state index contributed by atoms with van der Waals surface area (Å²) in [6.07, 6.45) is 3.64. The van der Waals surface area contributed by atoms with Gasteiger partial charge in [0.15, 0.2) is 0 Å². The number of ether oxygens (including phenoxy) is 1. The topological polar surface area (TPSA) is 46.6 Å². The van der Waals surface area contributed by atoms with Gasteiger partial charge >= 0.3 is 6.09 Å². The van der Waals surface area contributed by atoms with Crippen molar-refractivity contribution in [2.75, 3.05) is 6.54 Å². The first kappa shape index (κ1) is 16.7. The molecule has 0 aromatic heterocycles. The molecule has 22 heavy (non-hydrogen) atoms. The van der Waals surface area contributed by atoms with Crippen LogP contribution in [-0.2, 0) is 9.53 Å². The highest BCUT2D eigenvalue weighted by Crippen LogP contribution is 2.33. The minimum atomic E-state index is -0.714. The number of nitrogens with zero attached hydrogens (tertiary/aromatic N) is 1. The van der Waals surface area contributed by atoms with Crippen molar-refractivity contribution in [3.05, 3.63) is 47.0 Å². The lowest BCUT2D eigenvalue weighted by Crippen LogP contribution is -2.49. The van der Waals surface area contributed by atoms with Crippen molar-refractivity contribution in [2.45, 2.75) is 37.8 Å². The minimum absolute atomic E-state index is 0.0607. The van der Waals surface area contributed by atoms with E-state index in [4.69, 9.17) is 4.74 Å². The van der Waals surface area contributed by atoms with Gasteiger partial charge in [-0.1, -0.05) is 34.6 Å². The number of halogens is 1. The second-order valence-electron chi connectivity index (χ2n) is 5.51. The molecule has 1 saturated heterocycles. The average Bonchev–Trinajstić information content (AvgIpc) is 2.53. The summed E-state index contributed by atoms with van der Waals surface area (Å²) in [5.74, 6) is 0. The number of carbonyl (C=O) groups excluding carboxylic acids is 2. The van der Waals surface area contributed by atoms with Gasteiger partial charge in [-0.15, -0.1) is 0 Å². The Morgan fingerprint density at radius 1 is 1.45 bits per heavy atom. The second-order valence-corrected chi connectivity index (χ2v) is 6.43. The summed E-state index contributed by atoms with van der Waals surface area (Å²) >= 11 is 3.41. The quantitative estimate of drug-likeness (QED) is 0.558. The highest BCUT2D eigenvalue weighted by atomic mass is 79.9. The van der Waals surface area contributed by atoms with Crippen LogP contribution in [0.3, 0.4) is 0 Å². The van der Waals surface area contributed by atoms with Gasteiger partial charge in [0.2, 0.25) is 0 Å². The van der Waals surface area contributed by atoms with Crippen LogP contribution in [0.2, 0.25) is 0 Å². The van der Waals surface area contributed by atoms with Gasteiger partial charge in [-0.05, 0) is 37.1 Å². The molecule has 0 aliphatic carbocycles. The van der Waals surface area contributed by atoms with Crippen molar-refractivity contribution in [3.63, 3.8) is 0 Å². The molecule has 0 saturated carbocycles. The summed E-state index contributed by atoms with van der Waals surface area (Å²) in [6.45, 7) is 6.33. The maximum absolute atomic E-state index is 12.4. The van der Waals surface area contributed by atoms with Gasteiger partial charge in [0, 0.05) is 23.9 Å². The molecule has 1 aromatic carbocycles. The van der Waals surface area contributed by atoms with Crippen LogP contribution in [-0.4, -0.2) is 29.4 Å². The predicted molar refractivity (Wildman–Crippen MR) is 88.6 cm³/mol. The number of carbonyl (C=O) groups is 2. The number of amides is 1. The van der Waals surface area contributed by atoms with E-state index in [0.717, 1.165) is 16.3 Å². The van der Waals surface area contributed by atoms with Gasteiger partial charge in [-0.25, -0.2) is 4.79 Å². The summed E-state index contributed by atoms with van der Waals surface area (Å²) < 4.78 is 6.61. The van der Waals surface area contributed by atoms with Crippen molar-refractivity contribution in [1.29, 1.82) is 0 Å². The Kier molecular flexibility index (Phi) is 5.40. The van der Waals surface area contributed by atoms with Gasteiger partial charge in [-0.3, -0.25) is 0 Å². The third-order valence-corrected chi connectivity index (χ3v) is 4.71. The average molecular weight is 366 g/mol. The van der Waals surface area contributed by atoms with Crippen molar-refractivity contribution >= 4 is 28.3 Å². The van der Waals surface area contributed by atoms with Crippen molar-refractivity contribution in [1.82, 2.24) is 4.90 Å². The highest BCUT2D eigenvalue weighted by Gasteiger charge is 2.39. The molecule has 1 amide bonds. The molecule has 0 spiro atoms. The molecule has 1 aliphatic rings. The first-order valence-corrected chi connectivity index (χ1v) is 8.13. The molecule has 5 heteroatoms. The molecule has 2 rings (SSSR count). The standard InChI is InChI=1S/C17H20BrNO3/c1-3-17(9-4-12-20)10-11-19(16(21)22-17)13(2)14-5-7-15(18)8-6-14/h3,5-8,12-13H,1,4,9-11H2,2H3/t13-,17+/m0/s1. The van der Waals surface area contributed by atoms with Crippen molar-refractivity contribution in [2.24, 2.45) is 0 Å². The molecular formula is C17H20BrNO3. The maximum atomic E-state index is 12.4. The van der Waals surface area contributed by atoms with E-state index in [9.17, 15) is 9.59 Å². The first-order valence-electron chi connectivity index (χ1n) is 7.33. The number of aldehydes is 1. The molecule has 0 bridgehead atoms. The zero-order chi connectivity index (χ0) is 16.2. The van der Waals surface area contributed by atoms with E-state index in [1.165, 1.54) is 0 Å². The fraction of sp³-hybridized carbons (Fsp3) is 0.412. The Morgan fingerprint density at radius 2 is 2.14 bits per heavy atom. The Bertz CT molecular complexity index is 558. The number of hydrogen-bond acceptors (Lipinski definition) is 3. The number of hydrogen-bond donors (Lipinski definition) is 0. The summed E-state index contributed by atoms with van der Waals surface area (Å²) in [5, 5.41) is 0. The molecule has 0 unspecified atom stereocenters. The highest BCUT2D eigenvalue weighted by molar-refractivity contribution is 9.10. The lowest BCUT2D eigenvalue weighted by molar-refractivity contribution is -0.109. The summed E-state index contributed by atoms with van der Waals surface area (Å²) in [4.78, 5) is 24.7. The molecule has 118 valence electrons. The van der Waals surface area contributed by atoms with Gasteiger partial charge in [0.05, 0.1) is 6.04 Å². The van der Waals surface area contributed by atoms with Crippen LogP contribution in [0.15, 0.2) is 41.4 Å². The maximum Gasteiger partial charge on any atom is 0.411 e. The van der Waals surface area contributed by atoms with Crippen LogP contribution in [0.1, 0.15) is 37.8 Å². The third-order valence-electron chi connectivity index (χ3n) is 4.18. The summed E-state index contributed by atoms with van der Waals surface area (Å²) in [7, 11) is 0. The number of cyclic esters (lactones) is 1. The summed E-state index contributed by atoms with van der Waals surface area (Å²) in [6, 6.07) is 7.83. The van der Waals surface area contributed by atoms with Crippen LogP contribution < -0.4 is 0 Å². The SMILES string of the molecule is C=C[C@@]1(CCC=O)CCN([C@@H](C)c2ccc(Br)cc2)C(=O)O1. The zero-order valence-electron chi connectivity index (χ0n) is 12.6. The largest absolute Gasteiger partial charge is 0.438 e. The fourth-order valence-electron chi connectivity index (χ4n) is 2.68. The second kappa shape index (κ2) is 7.09. The van der Waals surface area contributed by atoms with E-state index in [-0.39, 0.29) is 12.1 Å². The van der Waals surface area contributed by atoms with Crippen LogP contribution in [0.25, 0.3) is 0 Å². The Labute approximate surface area is 139 Å². The van der Waals surface area contributed by atoms with Gasteiger partial charge in [-0.2, -0.15) is 0 Å². The molecular weight excluding hydrogens is 346 g/mol. The number of benzene rings is 1. The van der Waals surface area contributed by atoms with Gasteiger partial charge in [0.1, 0.15) is 11.9 Å². The van der Waals surface area contributed by atoms with Crippen LogP contribution >= 0.6 is 15.9 Å². The predicted octanol–water partition coefficient (Wildman–Crippen LogP) is 4.26. The van der Waals surface area contributed by atoms with Crippen LogP contribution in [0.5, 0.6) is 0 Å². The Hall–Kier alpha value is -1.62. The van der Waals surface area contributed by atoms with E-state index < -0.39 is 5.60 Å². The lowest BCUT2D eigenvalue weighted by atomic mass is 9.92. The van der Waals surface area contributed by atoms with E-state index in [1.807, 2.05) is 31.2 Å². The summed E-state index contributed by atoms with van der Waals surface area (Å²) in [5.41, 5.74) is 0.340. The van der Waals surface area contributed by atoms with E-state index >= 15 is 0 Å². The van der Waals surface area contributed by atoms with Crippen LogP contribution in [0.4, 0.5) is 4.79 Å². The normalized spacial score (nSPS) is 22.8. The molecule has 1 heterocycles. The minimum Gasteiger partial charge on any atom is -0.438 e. The molecule has 0 radical (unpaired) electrons. The van der Waals surface area contributed by atoms with E-state index in [1.54, 1.807) is 11.0 Å². The lowest BCUT2D eigenvalue weighted by Gasteiger charge is -2.41. The zero-order valence-corrected chi connectivity index (χ0v) is 14.2. The third kappa shape index (κ3) is 3.58.